The van der Waals surface area contributed by atoms with Gasteiger partial charge in [0.15, 0.2) is 17.2 Å². The zero-order valence-electron chi connectivity index (χ0n) is 14.4. The number of aliphatic imine (C=N–C) groups is 1. The first-order valence-electron chi connectivity index (χ1n) is 8.01. The predicted octanol–water partition coefficient (Wildman–Crippen LogP) is 3.75. The van der Waals surface area contributed by atoms with Gasteiger partial charge in [0.25, 0.3) is 0 Å². The van der Waals surface area contributed by atoms with E-state index in [0.717, 1.165) is 16.7 Å². The van der Waals surface area contributed by atoms with E-state index in [-0.39, 0.29) is 5.70 Å². The Hall–Kier alpha value is -3.08. The first kappa shape index (κ1) is 16.8. The Morgan fingerprint density at radius 1 is 1.12 bits per heavy atom. The van der Waals surface area contributed by atoms with Crippen LogP contribution in [0.15, 0.2) is 53.2 Å². The van der Waals surface area contributed by atoms with Gasteiger partial charge in [-0.2, -0.15) is 0 Å². The van der Waals surface area contributed by atoms with Crippen molar-refractivity contribution in [3.8, 4) is 11.5 Å². The molecule has 3 rings (SSSR count). The van der Waals surface area contributed by atoms with E-state index in [2.05, 4.69) is 4.99 Å². The number of nitrogens with zero attached hydrogens (tertiary/aromatic N) is 1. The average Bonchev–Trinajstić information content (AvgIpc) is 2.97. The van der Waals surface area contributed by atoms with Gasteiger partial charge in [0.1, 0.15) is 0 Å². The summed E-state index contributed by atoms with van der Waals surface area (Å²) < 4.78 is 16.1. The van der Waals surface area contributed by atoms with Crippen LogP contribution in [-0.2, 0) is 9.53 Å². The van der Waals surface area contributed by atoms with E-state index in [1.807, 2.05) is 50.2 Å². The molecule has 0 fully saturated rings. The van der Waals surface area contributed by atoms with E-state index in [0.29, 0.717) is 24.0 Å². The van der Waals surface area contributed by atoms with Crippen molar-refractivity contribution in [1.82, 2.24) is 0 Å². The Morgan fingerprint density at radius 2 is 1.88 bits per heavy atom. The summed E-state index contributed by atoms with van der Waals surface area (Å²) in [4.78, 5) is 16.4. The van der Waals surface area contributed by atoms with E-state index in [9.17, 15) is 4.79 Å². The highest BCUT2D eigenvalue weighted by atomic mass is 16.6. The summed E-state index contributed by atoms with van der Waals surface area (Å²) in [6.07, 6.45) is 1.67. The molecule has 0 bridgehead atoms. The molecule has 0 spiro atoms. The summed E-state index contributed by atoms with van der Waals surface area (Å²) in [5.41, 5.74) is 2.94. The van der Waals surface area contributed by atoms with Crippen LogP contribution >= 0.6 is 0 Å². The van der Waals surface area contributed by atoms with Crippen molar-refractivity contribution in [3.05, 3.63) is 64.9 Å². The van der Waals surface area contributed by atoms with Crippen molar-refractivity contribution >= 4 is 17.9 Å². The molecule has 5 heteroatoms. The van der Waals surface area contributed by atoms with Gasteiger partial charge in [-0.1, -0.05) is 23.8 Å². The zero-order chi connectivity index (χ0) is 17.8. The Labute approximate surface area is 146 Å². The fourth-order valence-electron chi connectivity index (χ4n) is 2.44. The monoisotopic (exact) mass is 337 g/mol. The van der Waals surface area contributed by atoms with Gasteiger partial charge >= 0.3 is 5.97 Å². The Morgan fingerprint density at radius 3 is 2.56 bits per heavy atom. The Bertz CT molecular complexity index is 850. The van der Waals surface area contributed by atoms with Crippen LogP contribution in [0.1, 0.15) is 23.6 Å². The standard InChI is InChI=1S/C20H19NO4/c1-4-24-18-12-14(7-10-17(18)23-3)11-16-20(22)25-19(21-16)15-8-5-13(2)6-9-15/h5-12H,4H2,1-3H3/b16-11-. The zero-order valence-corrected chi connectivity index (χ0v) is 14.4. The lowest BCUT2D eigenvalue weighted by molar-refractivity contribution is -0.129. The van der Waals surface area contributed by atoms with E-state index >= 15 is 0 Å². The third-order valence-corrected chi connectivity index (χ3v) is 3.71. The molecule has 1 aliphatic rings. The van der Waals surface area contributed by atoms with Crippen LogP contribution < -0.4 is 9.47 Å². The lowest BCUT2D eigenvalue weighted by Gasteiger charge is -2.09. The lowest BCUT2D eigenvalue weighted by Crippen LogP contribution is -2.05. The van der Waals surface area contributed by atoms with Crippen molar-refractivity contribution in [2.75, 3.05) is 13.7 Å². The molecule has 1 heterocycles. The van der Waals surface area contributed by atoms with Crippen molar-refractivity contribution in [2.45, 2.75) is 13.8 Å². The molecule has 0 aliphatic carbocycles. The van der Waals surface area contributed by atoms with E-state index < -0.39 is 5.97 Å². The molecule has 0 unspecified atom stereocenters. The SMILES string of the molecule is CCOc1cc(/C=C2\N=C(c3ccc(C)cc3)OC2=O)ccc1OC. The molecule has 128 valence electrons. The van der Waals surface area contributed by atoms with Crippen LogP contribution in [0, 0.1) is 6.92 Å². The second kappa shape index (κ2) is 7.21. The molecule has 0 atom stereocenters. The summed E-state index contributed by atoms with van der Waals surface area (Å²) in [6.45, 7) is 4.42. The highest BCUT2D eigenvalue weighted by Gasteiger charge is 2.24. The molecule has 0 aromatic heterocycles. The summed E-state index contributed by atoms with van der Waals surface area (Å²) in [5.74, 6) is 1.11. The van der Waals surface area contributed by atoms with Crippen molar-refractivity contribution in [2.24, 2.45) is 4.99 Å². The number of cyclic esters (lactones) is 1. The maximum Gasteiger partial charge on any atom is 0.363 e. The number of hydrogen-bond donors (Lipinski definition) is 0. The van der Waals surface area contributed by atoms with Gasteiger partial charge in [-0.25, -0.2) is 9.79 Å². The van der Waals surface area contributed by atoms with Gasteiger partial charge in [-0.05, 0) is 49.8 Å². The maximum absolute atomic E-state index is 12.1. The topological polar surface area (TPSA) is 57.1 Å². The number of esters is 1. The highest BCUT2D eigenvalue weighted by molar-refractivity contribution is 6.12. The molecule has 25 heavy (non-hydrogen) atoms. The number of carbonyl (C=O) groups excluding carboxylic acids is 1. The predicted molar refractivity (Wildman–Crippen MR) is 95.9 cm³/mol. The van der Waals surface area contributed by atoms with Crippen LogP contribution in [0.5, 0.6) is 11.5 Å². The summed E-state index contributed by atoms with van der Waals surface area (Å²) >= 11 is 0. The normalized spacial score (nSPS) is 15.1. The first-order chi connectivity index (χ1) is 12.1. The number of rotatable bonds is 5. The number of methoxy groups -OCH3 is 1. The van der Waals surface area contributed by atoms with Crippen LogP contribution in [0.4, 0.5) is 0 Å². The van der Waals surface area contributed by atoms with Gasteiger partial charge in [-0.3, -0.25) is 0 Å². The van der Waals surface area contributed by atoms with Crippen LogP contribution in [0.2, 0.25) is 0 Å². The quantitative estimate of drug-likeness (QED) is 0.616. The fraction of sp³-hybridized carbons (Fsp3) is 0.200. The second-order valence-corrected chi connectivity index (χ2v) is 5.55. The molecule has 2 aromatic carbocycles. The fourth-order valence-corrected chi connectivity index (χ4v) is 2.44. The highest BCUT2D eigenvalue weighted by Crippen LogP contribution is 2.29. The summed E-state index contributed by atoms with van der Waals surface area (Å²) in [6, 6.07) is 13.1. The largest absolute Gasteiger partial charge is 0.493 e. The number of aryl methyl sites for hydroxylation is 1. The molecule has 0 amide bonds. The number of ether oxygens (including phenoxy) is 3. The van der Waals surface area contributed by atoms with Crippen molar-refractivity contribution in [1.29, 1.82) is 0 Å². The minimum Gasteiger partial charge on any atom is -0.493 e. The van der Waals surface area contributed by atoms with Crippen molar-refractivity contribution < 1.29 is 19.0 Å². The molecule has 2 aromatic rings. The van der Waals surface area contributed by atoms with Gasteiger partial charge < -0.3 is 14.2 Å². The molecule has 0 N–H and O–H groups in total. The van der Waals surface area contributed by atoms with Gasteiger partial charge in [0.2, 0.25) is 5.90 Å². The third kappa shape index (κ3) is 3.71. The van der Waals surface area contributed by atoms with Crippen LogP contribution in [0.25, 0.3) is 6.08 Å². The number of benzene rings is 2. The lowest BCUT2D eigenvalue weighted by atomic mass is 10.1. The average molecular weight is 337 g/mol. The Balaban J connectivity index is 1.91. The molecule has 5 nitrogen and oxygen atoms in total. The second-order valence-electron chi connectivity index (χ2n) is 5.55. The van der Waals surface area contributed by atoms with Gasteiger partial charge in [0.05, 0.1) is 13.7 Å². The van der Waals surface area contributed by atoms with Crippen LogP contribution in [0.3, 0.4) is 0 Å². The summed E-state index contributed by atoms with van der Waals surface area (Å²) in [5, 5.41) is 0. The van der Waals surface area contributed by atoms with Gasteiger partial charge in [-0.15, -0.1) is 0 Å². The molecule has 0 saturated heterocycles. The molecule has 1 aliphatic heterocycles. The number of carbonyl (C=O) groups is 1. The number of hydrogen-bond acceptors (Lipinski definition) is 5. The molecular weight excluding hydrogens is 318 g/mol. The van der Waals surface area contributed by atoms with E-state index in [4.69, 9.17) is 14.2 Å². The van der Waals surface area contributed by atoms with Crippen LogP contribution in [-0.4, -0.2) is 25.6 Å². The Kier molecular flexibility index (Phi) is 4.84. The minimum absolute atomic E-state index is 0.253. The third-order valence-electron chi connectivity index (χ3n) is 3.71. The first-order valence-corrected chi connectivity index (χ1v) is 8.01. The maximum atomic E-state index is 12.1. The van der Waals surface area contributed by atoms with Gasteiger partial charge in [0, 0.05) is 5.56 Å². The van der Waals surface area contributed by atoms with Crippen molar-refractivity contribution in [3.63, 3.8) is 0 Å². The minimum atomic E-state index is -0.468. The molecule has 0 radical (unpaired) electrons. The molecule has 0 saturated carbocycles. The van der Waals surface area contributed by atoms with E-state index in [1.54, 1.807) is 19.3 Å². The summed E-state index contributed by atoms with van der Waals surface area (Å²) in [7, 11) is 1.59. The van der Waals surface area contributed by atoms with E-state index in [1.165, 1.54) is 0 Å². The smallest absolute Gasteiger partial charge is 0.363 e. The molecular formula is C20H19NO4.